The number of benzene rings is 3. The van der Waals surface area contributed by atoms with Crippen LogP contribution in [0.5, 0.6) is 0 Å². The van der Waals surface area contributed by atoms with Crippen LogP contribution < -0.4 is 10.0 Å². The third-order valence-electron chi connectivity index (χ3n) is 6.03. The largest absolute Gasteiger partial charge is 0.464 e. The monoisotopic (exact) mass is 456 g/mol. The molecule has 0 bridgehead atoms. The Morgan fingerprint density at radius 3 is 1.71 bits per heavy atom. The predicted molar refractivity (Wildman–Crippen MR) is 131 cm³/mol. The third kappa shape index (κ3) is 4.57. The third-order valence-corrected chi connectivity index (χ3v) is 6.03. The summed E-state index contributed by atoms with van der Waals surface area (Å²) in [5.41, 5.74) is 0.502. The Morgan fingerprint density at radius 2 is 1.24 bits per heavy atom. The van der Waals surface area contributed by atoms with Crippen LogP contribution in [-0.4, -0.2) is 24.4 Å². The SMILES string of the molecule is CCCCC1(COC(=O)Cc2ccccc2)C(=O)N(c2ccccc2)N(c2ccccc2)C1=O. The Balaban J connectivity index is 1.68. The van der Waals surface area contributed by atoms with E-state index < -0.39 is 11.4 Å². The molecule has 174 valence electrons. The zero-order valence-electron chi connectivity index (χ0n) is 19.2. The second kappa shape index (κ2) is 10.3. The van der Waals surface area contributed by atoms with Crippen molar-refractivity contribution in [1.29, 1.82) is 0 Å². The van der Waals surface area contributed by atoms with Gasteiger partial charge in [-0.25, -0.2) is 10.0 Å². The molecule has 1 aliphatic heterocycles. The van der Waals surface area contributed by atoms with Gasteiger partial charge >= 0.3 is 5.97 Å². The van der Waals surface area contributed by atoms with E-state index in [1.54, 1.807) is 24.3 Å². The molecule has 6 nitrogen and oxygen atoms in total. The average molecular weight is 457 g/mol. The maximum atomic E-state index is 14.0. The molecule has 0 spiro atoms. The first kappa shape index (κ1) is 23.2. The van der Waals surface area contributed by atoms with Gasteiger partial charge in [0.15, 0.2) is 5.41 Å². The second-order valence-electron chi connectivity index (χ2n) is 8.41. The smallest absolute Gasteiger partial charge is 0.310 e. The number of hydrazine groups is 1. The number of carbonyl (C=O) groups is 3. The summed E-state index contributed by atoms with van der Waals surface area (Å²) < 4.78 is 5.61. The minimum Gasteiger partial charge on any atom is -0.464 e. The summed E-state index contributed by atoms with van der Waals surface area (Å²) in [4.78, 5) is 40.6. The highest BCUT2D eigenvalue weighted by molar-refractivity contribution is 6.26. The number of hydrogen-bond donors (Lipinski definition) is 0. The van der Waals surface area contributed by atoms with Crippen molar-refractivity contribution in [3.63, 3.8) is 0 Å². The quantitative estimate of drug-likeness (QED) is 0.338. The van der Waals surface area contributed by atoms with E-state index in [1.807, 2.05) is 73.7 Å². The standard InChI is InChI=1S/C28H28N2O4/c1-2-3-19-28(21-34-25(31)20-22-13-7-4-8-14-22)26(32)29(23-15-9-5-10-16-23)30(27(28)33)24-17-11-6-12-18-24/h4-18H,2-3,19-21H2,1H3. The van der Waals surface area contributed by atoms with Crippen molar-refractivity contribution >= 4 is 29.2 Å². The van der Waals surface area contributed by atoms with Gasteiger partial charge in [-0.15, -0.1) is 0 Å². The molecule has 6 heteroatoms. The van der Waals surface area contributed by atoms with Gasteiger partial charge in [0.2, 0.25) is 0 Å². The van der Waals surface area contributed by atoms with E-state index >= 15 is 0 Å². The van der Waals surface area contributed by atoms with Gasteiger partial charge in [0.25, 0.3) is 11.8 Å². The Hall–Kier alpha value is -3.93. The lowest BCUT2D eigenvalue weighted by molar-refractivity contribution is -0.151. The van der Waals surface area contributed by atoms with Gasteiger partial charge in [-0.2, -0.15) is 0 Å². The van der Waals surface area contributed by atoms with Crippen LogP contribution >= 0.6 is 0 Å². The van der Waals surface area contributed by atoms with Gasteiger partial charge in [0, 0.05) is 0 Å². The fourth-order valence-electron chi connectivity index (χ4n) is 4.19. The van der Waals surface area contributed by atoms with Gasteiger partial charge in [-0.3, -0.25) is 14.4 Å². The fourth-order valence-corrected chi connectivity index (χ4v) is 4.19. The molecule has 1 saturated heterocycles. The number of rotatable bonds is 9. The summed E-state index contributed by atoms with van der Waals surface area (Å²) in [6.07, 6.45) is 1.83. The fraction of sp³-hybridized carbons (Fsp3) is 0.250. The molecular formula is C28H28N2O4. The van der Waals surface area contributed by atoms with Gasteiger partial charge in [-0.05, 0) is 36.2 Å². The van der Waals surface area contributed by atoms with E-state index in [1.165, 1.54) is 10.0 Å². The van der Waals surface area contributed by atoms with Crippen molar-refractivity contribution in [2.45, 2.75) is 32.6 Å². The normalized spacial score (nSPS) is 15.0. The van der Waals surface area contributed by atoms with Crippen molar-refractivity contribution in [2.75, 3.05) is 16.6 Å². The lowest BCUT2D eigenvalue weighted by atomic mass is 9.82. The van der Waals surface area contributed by atoms with Crippen molar-refractivity contribution in [3.8, 4) is 0 Å². The molecule has 1 heterocycles. The molecule has 1 aliphatic rings. The summed E-state index contributed by atoms with van der Waals surface area (Å²) in [6, 6.07) is 27.4. The first-order valence-corrected chi connectivity index (χ1v) is 11.6. The van der Waals surface area contributed by atoms with Crippen LogP contribution in [-0.2, 0) is 25.5 Å². The number of esters is 1. The summed E-state index contributed by atoms with van der Waals surface area (Å²) in [7, 11) is 0. The molecule has 2 amide bonds. The molecule has 0 aromatic heterocycles. The minimum absolute atomic E-state index is 0.0812. The summed E-state index contributed by atoms with van der Waals surface area (Å²) in [5.74, 6) is -1.23. The van der Waals surface area contributed by atoms with Crippen molar-refractivity contribution < 1.29 is 19.1 Å². The van der Waals surface area contributed by atoms with Crippen LogP contribution in [0, 0.1) is 5.41 Å². The highest BCUT2D eigenvalue weighted by Gasteiger charge is 2.59. The summed E-state index contributed by atoms with van der Waals surface area (Å²) in [5, 5.41) is 2.83. The Bertz CT molecular complexity index is 1080. The molecule has 0 radical (unpaired) electrons. The zero-order chi connectivity index (χ0) is 24.0. The molecule has 34 heavy (non-hydrogen) atoms. The van der Waals surface area contributed by atoms with Crippen LogP contribution in [0.1, 0.15) is 31.7 Å². The molecule has 0 unspecified atom stereocenters. The molecule has 0 N–H and O–H groups in total. The van der Waals surface area contributed by atoms with E-state index in [9.17, 15) is 14.4 Å². The molecule has 3 aromatic carbocycles. The maximum absolute atomic E-state index is 14.0. The van der Waals surface area contributed by atoms with Crippen LogP contribution in [0.25, 0.3) is 0 Å². The molecule has 4 rings (SSSR count). The zero-order valence-corrected chi connectivity index (χ0v) is 19.2. The van der Waals surface area contributed by atoms with Crippen molar-refractivity contribution in [3.05, 3.63) is 96.6 Å². The van der Waals surface area contributed by atoms with Gasteiger partial charge in [0.1, 0.15) is 6.61 Å². The molecule has 0 saturated carbocycles. The van der Waals surface area contributed by atoms with Crippen LogP contribution in [0.15, 0.2) is 91.0 Å². The number of para-hydroxylation sites is 2. The van der Waals surface area contributed by atoms with Gasteiger partial charge < -0.3 is 4.74 Å². The topological polar surface area (TPSA) is 66.9 Å². The average Bonchev–Trinajstić information content (AvgIpc) is 3.09. The molecule has 3 aromatic rings. The Morgan fingerprint density at radius 1 is 0.765 bits per heavy atom. The molecule has 0 aliphatic carbocycles. The number of hydrogen-bond acceptors (Lipinski definition) is 4. The number of amides is 2. The second-order valence-corrected chi connectivity index (χ2v) is 8.41. The van der Waals surface area contributed by atoms with Crippen molar-refractivity contribution in [2.24, 2.45) is 5.41 Å². The van der Waals surface area contributed by atoms with Crippen molar-refractivity contribution in [1.82, 2.24) is 0 Å². The Kier molecular flexibility index (Phi) is 7.07. The number of unbranched alkanes of at least 4 members (excludes halogenated alkanes) is 1. The van der Waals surface area contributed by atoms with Crippen LogP contribution in [0.2, 0.25) is 0 Å². The first-order chi connectivity index (χ1) is 16.6. The molecular weight excluding hydrogens is 428 g/mol. The van der Waals surface area contributed by atoms with E-state index in [0.29, 0.717) is 24.2 Å². The molecule has 0 atom stereocenters. The number of carbonyl (C=O) groups excluding carboxylic acids is 3. The number of anilines is 2. The summed E-state index contributed by atoms with van der Waals surface area (Å²) in [6.45, 7) is 1.71. The highest BCUT2D eigenvalue weighted by atomic mass is 16.5. The lowest BCUT2D eigenvalue weighted by Crippen LogP contribution is -2.42. The summed E-state index contributed by atoms with van der Waals surface area (Å²) >= 11 is 0. The maximum Gasteiger partial charge on any atom is 0.310 e. The van der Waals surface area contributed by atoms with Crippen LogP contribution in [0.3, 0.4) is 0 Å². The van der Waals surface area contributed by atoms with E-state index in [2.05, 4.69) is 0 Å². The number of ether oxygens (including phenoxy) is 1. The van der Waals surface area contributed by atoms with E-state index in [-0.39, 0.29) is 24.8 Å². The van der Waals surface area contributed by atoms with E-state index in [4.69, 9.17) is 4.74 Å². The minimum atomic E-state index is -1.48. The lowest BCUT2D eigenvalue weighted by Gasteiger charge is -2.27. The van der Waals surface area contributed by atoms with E-state index in [0.717, 1.165) is 12.0 Å². The van der Waals surface area contributed by atoms with Gasteiger partial charge in [0.05, 0.1) is 17.8 Å². The Labute approximate surface area is 199 Å². The first-order valence-electron chi connectivity index (χ1n) is 11.6. The predicted octanol–water partition coefficient (Wildman–Crippen LogP) is 4.94. The van der Waals surface area contributed by atoms with Crippen LogP contribution in [0.4, 0.5) is 11.4 Å². The highest BCUT2D eigenvalue weighted by Crippen LogP contribution is 2.42. The van der Waals surface area contributed by atoms with Gasteiger partial charge in [-0.1, -0.05) is 86.5 Å². The number of nitrogens with zero attached hydrogens (tertiary/aromatic N) is 2. The molecule has 1 fully saturated rings.